The molecule has 0 saturated carbocycles. The summed E-state index contributed by atoms with van der Waals surface area (Å²) in [5.41, 5.74) is 5.18. The van der Waals surface area contributed by atoms with Gasteiger partial charge < -0.3 is 4.98 Å². The maximum atomic E-state index is 11.8. The molecule has 0 bridgehead atoms. The second-order valence-electron chi connectivity index (χ2n) is 5.60. The van der Waals surface area contributed by atoms with Crippen molar-refractivity contribution >= 4 is 16.8 Å². The lowest BCUT2D eigenvalue weighted by Crippen LogP contribution is -2.23. The number of H-pyrrole nitrogens is 1. The average Bonchev–Trinajstić information content (AvgIpc) is 2.77. The molecule has 0 aliphatic rings. The molecule has 0 unspecified atom stereocenters. The first-order valence-corrected chi connectivity index (χ1v) is 6.47. The van der Waals surface area contributed by atoms with Gasteiger partial charge in [0.15, 0.2) is 0 Å². The number of nitrogens with one attached hydrogen (secondary N) is 2. The van der Waals surface area contributed by atoms with E-state index in [0.717, 1.165) is 10.9 Å². The number of aromatic amines is 1. The molecule has 1 amide bonds. The smallest absolute Gasteiger partial charge is 0.291 e. The van der Waals surface area contributed by atoms with E-state index in [1.807, 2.05) is 19.1 Å². The zero-order chi connectivity index (χ0) is 14.0. The summed E-state index contributed by atoms with van der Waals surface area (Å²) >= 11 is 0. The van der Waals surface area contributed by atoms with Crippen LogP contribution in [0.5, 0.6) is 0 Å². The SMILES string of the molecule is CCONC(=O)c1cc2ccc(C(C)(C)C)cc2[nH]1. The molecular formula is C15H20N2O2. The van der Waals surface area contributed by atoms with Gasteiger partial charge in [-0.05, 0) is 30.0 Å². The molecule has 0 aliphatic carbocycles. The molecule has 2 aromatic rings. The fourth-order valence-electron chi connectivity index (χ4n) is 1.91. The topological polar surface area (TPSA) is 54.1 Å². The Morgan fingerprint density at radius 3 is 2.68 bits per heavy atom. The summed E-state index contributed by atoms with van der Waals surface area (Å²) in [6.45, 7) is 8.76. The molecule has 0 atom stereocenters. The molecule has 1 aromatic heterocycles. The normalized spacial score (nSPS) is 11.8. The summed E-state index contributed by atoms with van der Waals surface area (Å²) in [6, 6.07) is 8.05. The summed E-state index contributed by atoms with van der Waals surface area (Å²) in [7, 11) is 0. The van der Waals surface area contributed by atoms with E-state index in [1.165, 1.54) is 5.56 Å². The third-order valence-corrected chi connectivity index (χ3v) is 3.04. The van der Waals surface area contributed by atoms with Crippen LogP contribution in [0, 0.1) is 0 Å². The monoisotopic (exact) mass is 260 g/mol. The van der Waals surface area contributed by atoms with E-state index in [0.29, 0.717) is 12.3 Å². The molecule has 2 N–H and O–H groups in total. The van der Waals surface area contributed by atoms with Gasteiger partial charge in [0.2, 0.25) is 0 Å². The van der Waals surface area contributed by atoms with E-state index < -0.39 is 0 Å². The van der Waals surface area contributed by atoms with E-state index in [9.17, 15) is 4.79 Å². The molecule has 2 rings (SSSR count). The number of aromatic nitrogens is 1. The number of amides is 1. The largest absolute Gasteiger partial charge is 0.350 e. The number of rotatable bonds is 3. The lowest BCUT2D eigenvalue weighted by molar-refractivity contribution is 0.0360. The molecule has 0 radical (unpaired) electrons. The van der Waals surface area contributed by atoms with Gasteiger partial charge in [-0.15, -0.1) is 0 Å². The quantitative estimate of drug-likeness (QED) is 0.833. The van der Waals surface area contributed by atoms with Crippen LogP contribution in [0.15, 0.2) is 24.3 Å². The highest BCUT2D eigenvalue weighted by Gasteiger charge is 2.15. The first-order valence-electron chi connectivity index (χ1n) is 6.47. The molecule has 4 heteroatoms. The maximum Gasteiger partial charge on any atom is 0.291 e. The molecule has 102 valence electrons. The van der Waals surface area contributed by atoms with Crippen molar-refractivity contribution in [3.63, 3.8) is 0 Å². The van der Waals surface area contributed by atoms with Crippen molar-refractivity contribution in [1.82, 2.24) is 10.5 Å². The van der Waals surface area contributed by atoms with Gasteiger partial charge in [0.1, 0.15) is 5.69 Å². The van der Waals surface area contributed by atoms with Crippen LogP contribution in [0.25, 0.3) is 10.9 Å². The van der Waals surface area contributed by atoms with Gasteiger partial charge in [0.25, 0.3) is 5.91 Å². The van der Waals surface area contributed by atoms with E-state index in [1.54, 1.807) is 0 Å². The Morgan fingerprint density at radius 2 is 2.05 bits per heavy atom. The fraction of sp³-hybridized carbons (Fsp3) is 0.400. The van der Waals surface area contributed by atoms with Crippen molar-refractivity contribution in [2.45, 2.75) is 33.1 Å². The second kappa shape index (κ2) is 5.05. The lowest BCUT2D eigenvalue weighted by Gasteiger charge is -2.18. The maximum absolute atomic E-state index is 11.8. The average molecular weight is 260 g/mol. The number of carbonyl (C=O) groups excluding carboxylic acids is 1. The molecule has 19 heavy (non-hydrogen) atoms. The number of hydrogen-bond donors (Lipinski definition) is 2. The highest BCUT2D eigenvalue weighted by Crippen LogP contribution is 2.26. The molecule has 1 aromatic carbocycles. The van der Waals surface area contributed by atoms with Crippen molar-refractivity contribution in [1.29, 1.82) is 0 Å². The van der Waals surface area contributed by atoms with Crippen molar-refractivity contribution < 1.29 is 9.63 Å². The van der Waals surface area contributed by atoms with E-state index >= 15 is 0 Å². The number of benzene rings is 1. The first kappa shape index (κ1) is 13.6. The molecular weight excluding hydrogens is 240 g/mol. The van der Waals surface area contributed by atoms with Gasteiger partial charge in [-0.25, -0.2) is 5.48 Å². The first-order chi connectivity index (χ1) is 8.91. The van der Waals surface area contributed by atoms with Crippen LogP contribution >= 0.6 is 0 Å². The van der Waals surface area contributed by atoms with E-state index in [-0.39, 0.29) is 11.3 Å². The van der Waals surface area contributed by atoms with Gasteiger partial charge in [0, 0.05) is 10.9 Å². The second-order valence-corrected chi connectivity index (χ2v) is 5.60. The predicted octanol–water partition coefficient (Wildman–Crippen LogP) is 3.15. The lowest BCUT2D eigenvalue weighted by atomic mass is 9.87. The summed E-state index contributed by atoms with van der Waals surface area (Å²) < 4.78 is 0. The highest BCUT2D eigenvalue weighted by atomic mass is 16.6. The van der Waals surface area contributed by atoms with E-state index in [2.05, 4.69) is 43.4 Å². The van der Waals surface area contributed by atoms with Crippen LogP contribution in [0.4, 0.5) is 0 Å². The zero-order valence-electron chi connectivity index (χ0n) is 11.8. The number of hydroxylamine groups is 1. The van der Waals surface area contributed by atoms with Crippen molar-refractivity contribution in [2.24, 2.45) is 0 Å². The van der Waals surface area contributed by atoms with E-state index in [4.69, 9.17) is 4.84 Å². The minimum Gasteiger partial charge on any atom is -0.350 e. The predicted molar refractivity (Wildman–Crippen MR) is 76.1 cm³/mol. The van der Waals surface area contributed by atoms with Gasteiger partial charge >= 0.3 is 0 Å². The Balaban J connectivity index is 2.33. The third kappa shape index (κ3) is 2.96. The van der Waals surface area contributed by atoms with Gasteiger partial charge in [-0.2, -0.15) is 0 Å². The summed E-state index contributed by atoms with van der Waals surface area (Å²) in [5, 5.41) is 1.02. The van der Waals surface area contributed by atoms with Crippen LogP contribution in [0.3, 0.4) is 0 Å². The van der Waals surface area contributed by atoms with Crippen LogP contribution < -0.4 is 5.48 Å². The Kier molecular flexibility index (Phi) is 3.62. The van der Waals surface area contributed by atoms with Gasteiger partial charge in [-0.1, -0.05) is 32.9 Å². The van der Waals surface area contributed by atoms with Crippen molar-refractivity contribution in [3.8, 4) is 0 Å². The van der Waals surface area contributed by atoms with Crippen LogP contribution in [-0.2, 0) is 10.3 Å². The minimum absolute atomic E-state index is 0.0903. The fourth-order valence-corrected chi connectivity index (χ4v) is 1.91. The molecule has 0 fully saturated rings. The van der Waals surface area contributed by atoms with Crippen LogP contribution in [0.2, 0.25) is 0 Å². The molecule has 1 heterocycles. The summed E-state index contributed by atoms with van der Waals surface area (Å²) in [5.74, 6) is -0.254. The Bertz CT molecular complexity index is 594. The number of hydrogen-bond acceptors (Lipinski definition) is 2. The van der Waals surface area contributed by atoms with Gasteiger partial charge in [0.05, 0.1) is 6.61 Å². The standard InChI is InChI=1S/C15H20N2O2/c1-5-19-17-14(18)13-8-10-6-7-11(15(2,3)4)9-12(10)16-13/h6-9,16H,5H2,1-4H3,(H,17,18). The van der Waals surface area contributed by atoms with Crippen LogP contribution in [-0.4, -0.2) is 17.5 Å². The Morgan fingerprint density at radius 1 is 1.32 bits per heavy atom. The van der Waals surface area contributed by atoms with Crippen molar-refractivity contribution in [3.05, 3.63) is 35.5 Å². The minimum atomic E-state index is -0.254. The summed E-state index contributed by atoms with van der Waals surface area (Å²) in [6.07, 6.45) is 0. The summed E-state index contributed by atoms with van der Waals surface area (Å²) in [4.78, 5) is 19.8. The molecule has 0 aliphatic heterocycles. The number of fused-ring (bicyclic) bond motifs is 1. The van der Waals surface area contributed by atoms with Crippen LogP contribution in [0.1, 0.15) is 43.7 Å². The Labute approximate surface area is 113 Å². The molecule has 0 spiro atoms. The molecule has 4 nitrogen and oxygen atoms in total. The van der Waals surface area contributed by atoms with Crippen molar-refractivity contribution in [2.75, 3.05) is 6.61 Å². The number of carbonyl (C=O) groups is 1. The highest BCUT2D eigenvalue weighted by molar-refractivity contribution is 5.97. The third-order valence-electron chi connectivity index (χ3n) is 3.04. The zero-order valence-corrected chi connectivity index (χ0v) is 11.8. The molecule has 0 saturated heterocycles. The Hall–Kier alpha value is -1.81. The van der Waals surface area contributed by atoms with Gasteiger partial charge in [-0.3, -0.25) is 9.63 Å².